The first kappa shape index (κ1) is 22.4. The summed E-state index contributed by atoms with van der Waals surface area (Å²) in [5.74, 6) is 0.734. The number of nitrogens with zero attached hydrogens (tertiary/aromatic N) is 1. The Labute approximate surface area is 190 Å². The highest BCUT2D eigenvalue weighted by atomic mass is 79.9. The number of methoxy groups -OCH3 is 1. The molecule has 0 aliphatic rings. The van der Waals surface area contributed by atoms with Gasteiger partial charge in [0.05, 0.1) is 24.7 Å². The van der Waals surface area contributed by atoms with Gasteiger partial charge in [-0.15, -0.1) is 0 Å². The number of hydrazone groups is 1. The first-order chi connectivity index (χ1) is 15.0. The molecular formula is C24H24BrN3O3. The second-order valence-corrected chi connectivity index (χ2v) is 7.75. The van der Waals surface area contributed by atoms with Crippen molar-refractivity contribution < 1.29 is 14.3 Å². The molecule has 0 unspecified atom stereocenters. The molecule has 3 rings (SSSR count). The molecule has 3 aromatic rings. The predicted octanol–water partition coefficient (Wildman–Crippen LogP) is 5.54. The SMILES string of the molecule is COc1cc(C=NNc2ccccc2)ccc1OCC(=O)Nc1cc(C)c(C)cc1Br. The van der Waals surface area contributed by atoms with Crippen LogP contribution in [0.25, 0.3) is 0 Å². The average molecular weight is 482 g/mol. The maximum atomic E-state index is 12.3. The van der Waals surface area contributed by atoms with Crippen LogP contribution < -0.4 is 20.2 Å². The van der Waals surface area contributed by atoms with Crippen LogP contribution in [-0.2, 0) is 4.79 Å². The topological polar surface area (TPSA) is 71.9 Å². The van der Waals surface area contributed by atoms with E-state index in [0.717, 1.165) is 26.9 Å². The quantitative estimate of drug-likeness (QED) is 0.327. The lowest BCUT2D eigenvalue weighted by atomic mass is 10.1. The monoisotopic (exact) mass is 481 g/mol. The Kier molecular flexibility index (Phi) is 7.67. The Morgan fingerprint density at radius 3 is 2.52 bits per heavy atom. The second kappa shape index (κ2) is 10.6. The van der Waals surface area contributed by atoms with Crippen LogP contribution in [0.4, 0.5) is 11.4 Å². The van der Waals surface area contributed by atoms with Crippen molar-refractivity contribution in [3.05, 3.63) is 81.8 Å². The zero-order chi connectivity index (χ0) is 22.2. The fourth-order valence-electron chi connectivity index (χ4n) is 2.78. The van der Waals surface area contributed by atoms with Crippen molar-refractivity contribution in [1.82, 2.24) is 0 Å². The number of amides is 1. The van der Waals surface area contributed by atoms with Crippen LogP contribution in [0, 0.1) is 13.8 Å². The number of carbonyl (C=O) groups excluding carboxylic acids is 1. The molecule has 0 fully saturated rings. The molecule has 31 heavy (non-hydrogen) atoms. The summed E-state index contributed by atoms with van der Waals surface area (Å²) in [5, 5.41) is 7.08. The normalized spacial score (nSPS) is 10.7. The van der Waals surface area contributed by atoms with Gasteiger partial charge in [-0.2, -0.15) is 5.10 Å². The minimum atomic E-state index is -0.260. The molecule has 3 aromatic carbocycles. The zero-order valence-corrected chi connectivity index (χ0v) is 19.2. The van der Waals surface area contributed by atoms with E-state index in [1.807, 2.05) is 62.4 Å². The molecule has 0 aliphatic heterocycles. The molecule has 0 spiro atoms. The number of ether oxygens (including phenoxy) is 2. The largest absolute Gasteiger partial charge is 0.493 e. The number of hydrogen-bond donors (Lipinski definition) is 2. The van der Waals surface area contributed by atoms with E-state index in [1.54, 1.807) is 25.5 Å². The number of halogens is 1. The van der Waals surface area contributed by atoms with Crippen molar-refractivity contribution in [3.8, 4) is 11.5 Å². The summed E-state index contributed by atoms with van der Waals surface area (Å²) in [6.07, 6.45) is 1.68. The smallest absolute Gasteiger partial charge is 0.262 e. The van der Waals surface area contributed by atoms with Gasteiger partial charge < -0.3 is 14.8 Å². The fraction of sp³-hybridized carbons (Fsp3) is 0.167. The third-order valence-corrected chi connectivity index (χ3v) is 5.24. The molecule has 0 radical (unpaired) electrons. The summed E-state index contributed by atoms with van der Waals surface area (Å²) in [7, 11) is 1.55. The van der Waals surface area contributed by atoms with Crippen molar-refractivity contribution in [2.75, 3.05) is 24.5 Å². The zero-order valence-electron chi connectivity index (χ0n) is 17.6. The number of para-hydroxylation sites is 1. The van der Waals surface area contributed by atoms with E-state index in [0.29, 0.717) is 17.2 Å². The highest BCUT2D eigenvalue weighted by molar-refractivity contribution is 9.10. The van der Waals surface area contributed by atoms with Crippen molar-refractivity contribution >= 4 is 39.4 Å². The van der Waals surface area contributed by atoms with Gasteiger partial charge in [-0.25, -0.2) is 0 Å². The van der Waals surface area contributed by atoms with Gasteiger partial charge in [-0.3, -0.25) is 10.2 Å². The Balaban J connectivity index is 1.60. The van der Waals surface area contributed by atoms with Crippen LogP contribution >= 0.6 is 15.9 Å². The number of nitrogens with one attached hydrogen (secondary N) is 2. The third kappa shape index (κ3) is 6.33. The Morgan fingerprint density at radius 2 is 1.77 bits per heavy atom. The van der Waals surface area contributed by atoms with Crippen LogP contribution in [0.5, 0.6) is 11.5 Å². The van der Waals surface area contributed by atoms with Crippen molar-refractivity contribution in [3.63, 3.8) is 0 Å². The predicted molar refractivity (Wildman–Crippen MR) is 128 cm³/mol. The number of benzene rings is 3. The number of aryl methyl sites for hydroxylation is 2. The molecule has 0 heterocycles. The number of carbonyl (C=O) groups is 1. The van der Waals surface area contributed by atoms with E-state index in [1.165, 1.54) is 0 Å². The Morgan fingerprint density at radius 1 is 1.03 bits per heavy atom. The van der Waals surface area contributed by atoms with Gasteiger partial charge in [0.1, 0.15) is 0 Å². The van der Waals surface area contributed by atoms with Crippen LogP contribution in [0.2, 0.25) is 0 Å². The summed E-state index contributed by atoms with van der Waals surface area (Å²) in [4.78, 5) is 12.3. The summed E-state index contributed by atoms with van der Waals surface area (Å²) < 4.78 is 11.9. The van der Waals surface area contributed by atoms with Gasteiger partial charge in [-0.1, -0.05) is 18.2 Å². The van der Waals surface area contributed by atoms with Crippen molar-refractivity contribution in [2.24, 2.45) is 5.10 Å². The molecule has 2 N–H and O–H groups in total. The number of anilines is 2. The van der Waals surface area contributed by atoms with Gasteiger partial charge in [-0.05, 0) is 88.9 Å². The van der Waals surface area contributed by atoms with Gasteiger partial charge in [0.25, 0.3) is 5.91 Å². The molecule has 0 aromatic heterocycles. The van der Waals surface area contributed by atoms with E-state index in [-0.39, 0.29) is 12.5 Å². The summed E-state index contributed by atoms with van der Waals surface area (Å²) in [6.45, 7) is 3.88. The van der Waals surface area contributed by atoms with E-state index in [2.05, 4.69) is 31.8 Å². The van der Waals surface area contributed by atoms with Crippen LogP contribution in [0.15, 0.2) is 70.2 Å². The van der Waals surface area contributed by atoms with Gasteiger partial charge >= 0.3 is 0 Å². The Bertz CT molecular complexity index is 1080. The molecule has 160 valence electrons. The van der Waals surface area contributed by atoms with E-state index < -0.39 is 0 Å². The molecule has 6 nitrogen and oxygen atoms in total. The molecule has 0 bridgehead atoms. The lowest BCUT2D eigenvalue weighted by Crippen LogP contribution is -2.20. The lowest BCUT2D eigenvalue weighted by molar-refractivity contribution is -0.118. The maximum Gasteiger partial charge on any atom is 0.262 e. The van der Waals surface area contributed by atoms with E-state index in [4.69, 9.17) is 9.47 Å². The summed E-state index contributed by atoms with van der Waals surface area (Å²) >= 11 is 3.48. The highest BCUT2D eigenvalue weighted by Crippen LogP contribution is 2.28. The number of rotatable bonds is 8. The van der Waals surface area contributed by atoms with Crippen LogP contribution in [-0.4, -0.2) is 25.8 Å². The standard InChI is InChI=1S/C24H24BrN3O3/c1-16-11-20(25)21(12-17(16)2)27-24(29)15-31-22-10-9-18(13-23(22)30-3)14-26-28-19-7-5-4-6-8-19/h4-14,28H,15H2,1-3H3,(H,27,29). The minimum absolute atomic E-state index is 0.140. The molecule has 0 saturated heterocycles. The molecule has 1 amide bonds. The molecular weight excluding hydrogens is 458 g/mol. The summed E-state index contributed by atoms with van der Waals surface area (Å²) in [5.41, 5.74) is 7.64. The maximum absolute atomic E-state index is 12.3. The minimum Gasteiger partial charge on any atom is -0.493 e. The molecule has 0 aliphatic carbocycles. The fourth-order valence-corrected chi connectivity index (χ4v) is 3.34. The molecule has 0 atom stereocenters. The number of hydrogen-bond acceptors (Lipinski definition) is 5. The van der Waals surface area contributed by atoms with Gasteiger partial charge in [0, 0.05) is 4.47 Å². The van der Waals surface area contributed by atoms with Crippen LogP contribution in [0.3, 0.4) is 0 Å². The lowest BCUT2D eigenvalue weighted by Gasteiger charge is -2.13. The van der Waals surface area contributed by atoms with E-state index >= 15 is 0 Å². The molecule has 7 heteroatoms. The average Bonchev–Trinajstić information content (AvgIpc) is 2.77. The Hall–Kier alpha value is -3.32. The second-order valence-electron chi connectivity index (χ2n) is 6.90. The van der Waals surface area contributed by atoms with Gasteiger partial charge in [0.2, 0.25) is 0 Å². The molecule has 0 saturated carbocycles. The summed E-state index contributed by atoms with van der Waals surface area (Å²) in [6, 6.07) is 18.9. The van der Waals surface area contributed by atoms with Gasteiger partial charge in [0.15, 0.2) is 18.1 Å². The van der Waals surface area contributed by atoms with E-state index in [9.17, 15) is 4.79 Å². The van der Waals surface area contributed by atoms with Crippen molar-refractivity contribution in [1.29, 1.82) is 0 Å². The van der Waals surface area contributed by atoms with Crippen LogP contribution in [0.1, 0.15) is 16.7 Å². The first-order valence-electron chi connectivity index (χ1n) is 9.68. The third-order valence-electron chi connectivity index (χ3n) is 4.58. The highest BCUT2D eigenvalue weighted by Gasteiger charge is 2.11. The first-order valence-corrected chi connectivity index (χ1v) is 10.5. The van der Waals surface area contributed by atoms with Crippen molar-refractivity contribution in [2.45, 2.75) is 13.8 Å².